The van der Waals surface area contributed by atoms with Crippen molar-refractivity contribution in [1.29, 1.82) is 0 Å². The molecule has 2 N–H and O–H groups in total. The number of aliphatic carboxylic acids is 1. The zero-order chi connectivity index (χ0) is 18.2. The molecule has 0 aliphatic carbocycles. The molecule has 1 heterocycles. The molecule has 2 atom stereocenters. The molecule has 0 aliphatic rings. The van der Waals surface area contributed by atoms with Gasteiger partial charge >= 0.3 is 11.7 Å². The van der Waals surface area contributed by atoms with Crippen LogP contribution in [0.15, 0.2) is 27.9 Å². The average molecular weight is 355 g/mol. The van der Waals surface area contributed by atoms with E-state index in [0.29, 0.717) is 17.5 Å². The SMILES string of the molecule is CC[C@H](C)[C@H](NS(=O)(=O)c1ccc2c(c1)n(C)c(=O)n2C)C(=O)O. The van der Waals surface area contributed by atoms with Crippen LogP contribution in [0.5, 0.6) is 0 Å². The molecule has 0 aliphatic heterocycles. The lowest BCUT2D eigenvalue weighted by Gasteiger charge is -2.20. The van der Waals surface area contributed by atoms with Gasteiger partial charge in [0, 0.05) is 14.1 Å². The Morgan fingerprint density at radius 3 is 2.38 bits per heavy atom. The van der Waals surface area contributed by atoms with E-state index >= 15 is 0 Å². The van der Waals surface area contributed by atoms with Crippen molar-refractivity contribution in [2.75, 3.05) is 0 Å². The summed E-state index contributed by atoms with van der Waals surface area (Å²) in [6.07, 6.45) is 0.520. The van der Waals surface area contributed by atoms with Gasteiger partial charge in [-0.25, -0.2) is 13.2 Å². The van der Waals surface area contributed by atoms with Gasteiger partial charge in [-0.05, 0) is 24.1 Å². The summed E-state index contributed by atoms with van der Waals surface area (Å²) in [7, 11) is -0.880. The summed E-state index contributed by atoms with van der Waals surface area (Å²) >= 11 is 0. The first kappa shape index (κ1) is 18.2. The number of benzene rings is 1. The second kappa shape index (κ2) is 6.40. The third-order valence-corrected chi connectivity index (χ3v) is 5.75. The summed E-state index contributed by atoms with van der Waals surface area (Å²) < 4.78 is 30.1. The van der Waals surface area contributed by atoms with Crippen molar-refractivity contribution in [3.63, 3.8) is 0 Å². The first-order chi connectivity index (χ1) is 11.1. The largest absolute Gasteiger partial charge is 0.480 e. The van der Waals surface area contributed by atoms with Crippen LogP contribution in [0.4, 0.5) is 0 Å². The van der Waals surface area contributed by atoms with E-state index in [1.54, 1.807) is 27.9 Å². The van der Waals surface area contributed by atoms with E-state index in [0.717, 1.165) is 0 Å². The van der Waals surface area contributed by atoms with Crippen LogP contribution in [-0.2, 0) is 28.9 Å². The number of fused-ring (bicyclic) bond motifs is 1. The first-order valence-electron chi connectivity index (χ1n) is 7.50. The average Bonchev–Trinajstić information content (AvgIpc) is 2.76. The summed E-state index contributed by atoms with van der Waals surface area (Å²) in [5.41, 5.74) is 0.787. The predicted molar refractivity (Wildman–Crippen MR) is 89.4 cm³/mol. The Morgan fingerprint density at radius 1 is 1.25 bits per heavy atom. The van der Waals surface area contributed by atoms with E-state index in [1.165, 1.54) is 27.3 Å². The smallest absolute Gasteiger partial charge is 0.328 e. The van der Waals surface area contributed by atoms with E-state index in [2.05, 4.69) is 4.72 Å². The van der Waals surface area contributed by atoms with E-state index < -0.39 is 22.0 Å². The first-order valence-corrected chi connectivity index (χ1v) is 8.99. The number of nitrogens with zero attached hydrogens (tertiary/aromatic N) is 2. The maximum Gasteiger partial charge on any atom is 0.328 e. The van der Waals surface area contributed by atoms with E-state index in [9.17, 15) is 23.1 Å². The Kier molecular flexibility index (Phi) is 4.86. The van der Waals surface area contributed by atoms with E-state index in [-0.39, 0.29) is 16.5 Å². The molecule has 9 heteroatoms. The third-order valence-electron chi connectivity index (χ3n) is 4.31. The molecule has 0 unspecified atom stereocenters. The van der Waals surface area contributed by atoms with Crippen LogP contribution in [-0.4, -0.2) is 34.7 Å². The van der Waals surface area contributed by atoms with Crippen molar-refractivity contribution in [2.45, 2.75) is 31.2 Å². The molecule has 1 aromatic carbocycles. The van der Waals surface area contributed by atoms with Crippen LogP contribution in [0.2, 0.25) is 0 Å². The quantitative estimate of drug-likeness (QED) is 0.791. The van der Waals surface area contributed by atoms with Crippen LogP contribution in [0.3, 0.4) is 0 Å². The van der Waals surface area contributed by atoms with Crippen LogP contribution in [0.1, 0.15) is 20.3 Å². The molecule has 0 spiro atoms. The molecule has 0 saturated heterocycles. The van der Waals surface area contributed by atoms with Crippen LogP contribution in [0.25, 0.3) is 11.0 Å². The van der Waals surface area contributed by atoms with Gasteiger partial charge in [-0.2, -0.15) is 4.72 Å². The minimum absolute atomic E-state index is 0.0780. The molecule has 24 heavy (non-hydrogen) atoms. The maximum atomic E-state index is 12.5. The molecule has 132 valence electrons. The molecule has 0 bridgehead atoms. The van der Waals surface area contributed by atoms with Crippen molar-refractivity contribution < 1.29 is 18.3 Å². The molecule has 8 nitrogen and oxygen atoms in total. The van der Waals surface area contributed by atoms with Crippen LogP contribution in [0, 0.1) is 5.92 Å². The van der Waals surface area contributed by atoms with Crippen molar-refractivity contribution in [2.24, 2.45) is 20.0 Å². The predicted octanol–water partition coefficient (Wildman–Crippen LogP) is 0.655. The molecule has 0 radical (unpaired) electrons. The summed E-state index contributed by atoms with van der Waals surface area (Å²) in [5, 5.41) is 9.26. The zero-order valence-corrected chi connectivity index (χ0v) is 14.8. The Morgan fingerprint density at radius 2 is 1.83 bits per heavy atom. The second-order valence-corrected chi connectivity index (χ2v) is 7.59. The van der Waals surface area contributed by atoms with E-state index in [1.807, 2.05) is 0 Å². The molecule has 1 aromatic heterocycles. The molecule has 2 aromatic rings. The number of hydrogen-bond donors (Lipinski definition) is 2. The highest BCUT2D eigenvalue weighted by Gasteiger charge is 2.29. The highest BCUT2D eigenvalue weighted by atomic mass is 32.2. The Balaban J connectivity index is 2.49. The van der Waals surface area contributed by atoms with E-state index in [4.69, 9.17) is 0 Å². The Bertz CT molecular complexity index is 942. The zero-order valence-electron chi connectivity index (χ0n) is 14.0. The van der Waals surface area contributed by atoms with Gasteiger partial charge in [0.25, 0.3) is 0 Å². The number of aryl methyl sites for hydroxylation is 2. The lowest BCUT2D eigenvalue weighted by Crippen LogP contribution is -2.44. The summed E-state index contributed by atoms with van der Waals surface area (Å²) in [6, 6.07) is 3.05. The second-order valence-electron chi connectivity index (χ2n) is 5.87. The van der Waals surface area contributed by atoms with Gasteiger partial charge in [0.15, 0.2) is 0 Å². The van der Waals surface area contributed by atoms with Gasteiger partial charge in [-0.1, -0.05) is 20.3 Å². The lowest BCUT2D eigenvalue weighted by atomic mass is 10.0. The Hall–Kier alpha value is -2.13. The van der Waals surface area contributed by atoms with Gasteiger partial charge in [0.2, 0.25) is 10.0 Å². The van der Waals surface area contributed by atoms with Gasteiger partial charge in [-0.15, -0.1) is 0 Å². The summed E-state index contributed by atoms with van der Waals surface area (Å²) in [6.45, 7) is 3.46. The number of carbonyl (C=O) groups is 1. The number of hydrogen-bond acceptors (Lipinski definition) is 4. The fourth-order valence-electron chi connectivity index (χ4n) is 2.53. The summed E-state index contributed by atoms with van der Waals surface area (Å²) in [5.74, 6) is -1.58. The molecule has 0 fully saturated rings. The fraction of sp³-hybridized carbons (Fsp3) is 0.467. The molecule has 2 rings (SSSR count). The van der Waals surface area contributed by atoms with Crippen molar-refractivity contribution in [3.05, 3.63) is 28.7 Å². The minimum atomic E-state index is -4.03. The molecule has 0 saturated carbocycles. The third kappa shape index (κ3) is 3.09. The van der Waals surface area contributed by atoms with Crippen LogP contribution < -0.4 is 10.4 Å². The Labute approximate surface area is 139 Å². The van der Waals surface area contributed by atoms with Crippen molar-refractivity contribution in [3.8, 4) is 0 Å². The normalized spacial score (nSPS) is 14.7. The minimum Gasteiger partial charge on any atom is -0.480 e. The number of carboxylic acids is 1. The number of rotatable bonds is 6. The van der Waals surface area contributed by atoms with Gasteiger partial charge in [0.05, 0.1) is 15.9 Å². The summed E-state index contributed by atoms with van der Waals surface area (Å²) in [4.78, 5) is 23.2. The molecule has 0 amide bonds. The molecular weight excluding hydrogens is 334 g/mol. The van der Waals surface area contributed by atoms with Gasteiger partial charge < -0.3 is 5.11 Å². The maximum absolute atomic E-state index is 12.5. The number of nitrogens with one attached hydrogen (secondary N) is 1. The van der Waals surface area contributed by atoms with Crippen molar-refractivity contribution in [1.82, 2.24) is 13.9 Å². The topological polar surface area (TPSA) is 110 Å². The van der Waals surface area contributed by atoms with Gasteiger partial charge in [0.1, 0.15) is 6.04 Å². The van der Waals surface area contributed by atoms with Gasteiger partial charge in [-0.3, -0.25) is 13.9 Å². The standard InChI is InChI=1S/C15H21N3O5S/c1-5-9(2)13(14(19)20)16-24(22,23)10-6-7-11-12(8-10)18(4)15(21)17(11)3/h6-9,13,16H,5H2,1-4H3,(H,19,20)/t9-,13-/m0/s1. The van der Waals surface area contributed by atoms with Crippen molar-refractivity contribution >= 4 is 27.0 Å². The fourth-order valence-corrected chi connectivity index (χ4v) is 3.85. The lowest BCUT2D eigenvalue weighted by molar-refractivity contribution is -0.140. The number of carboxylic acid groups (broad SMARTS) is 1. The number of aromatic nitrogens is 2. The molecular formula is C15H21N3O5S. The number of imidazole rings is 1. The van der Waals surface area contributed by atoms with Crippen LogP contribution >= 0.6 is 0 Å². The monoisotopic (exact) mass is 355 g/mol. The number of sulfonamides is 1. The highest BCUT2D eigenvalue weighted by molar-refractivity contribution is 7.89. The highest BCUT2D eigenvalue weighted by Crippen LogP contribution is 2.19.